The van der Waals surface area contributed by atoms with Gasteiger partial charge in [0.2, 0.25) is 0 Å². The summed E-state index contributed by atoms with van der Waals surface area (Å²) in [5.41, 5.74) is 3.55. The molecule has 1 aliphatic carbocycles. The molecule has 1 unspecified atom stereocenters. The van der Waals surface area contributed by atoms with Gasteiger partial charge in [0.05, 0.1) is 6.61 Å². The molecule has 0 spiro atoms. The van der Waals surface area contributed by atoms with Crippen molar-refractivity contribution in [3.63, 3.8) is 0 Å². The molecule has 0 saturated heterocycles. The monoisotopic (exact) mass is 362 g/mol. The highest BCUT2D eigenvalue weighted by Gasteiger charge is 2.39. The Balaban J connectivity index is 2.25. The molecule has 0 amide bonds. The zero-order valence-electron chi connectivity index (χ0n) is 16.3. The van der Waals surface area contributed by atoms with E-state index in [0.29, 0.717) is 12.2 Å². The van der Waals surface area contributed by atoms with Gasteiger partial charge in [-0.1, -0.05) is 37.0 Å². The van der Waals surface area contributed by atoms with Gasteiger partial charge in [-0.3, -0.25) is 9.68 Å². The van der Waals surface area contributed by atoms with Gasteiger partial charge in [0, 0.05) is 12.7 Å². The van der Waals surface area contributed by atoms with E-state index in [0.717, 1.165) is 48.8 Å². The van der Waals surface area contributed by atoms with Crippen molar-refractivity contribution in [1.82, 2.24) is 0 Å². The molecule has 1 fully saturated rings. The number of rotatable bonds is 8. The van der Waals surface area contributed by atoms with E-state index in [4.69, 9.17) is 14.5 Å². The zero-order chi connectivity index (χ0) is 19.1. The van der Waals surface area contributed by atoms with Crippen LogP contribution < -0.4 is 0 Å². The normalized spacial score (nSPS) is 16.3. The molecule has 0 bridgehead atoms. The van der Waals surface area contributed by atoms with Crippen molar-refractivity contribution in [2.24, 2.45) is 11.8 Å². The fourth-order valence-electron chi connectivity index (χ4n) is 3.97. The Morgan fingerprint density at radius 1 is 1.04 bits per heavy atom. The molecule has 26 heavy (non-hydrogen) atoms. The molecule has 0 aromatic heterocycles. The van der Waals surface area contributed by atoms with Gasteiger partial charge in [-0.25, -0.2) is 4.79 Å². The van der Waals surface area contributed by atoms with Gasteiger partial charge in [0.15, 0.2) is 5.78 Å². The molecule has 1 aromatic carbocycles. The average molecular weight is 362 g/mol. The van der Waals surface area contributed by atoms with Crippen molar-refractivity contribution in [1.29, 1.82) is 0 Å². The molecule has 0 heterocycles. The Hall–Kier alpha value is -1.72. The van der Waals surface area contributed by atoms with E-state index in [1.165, 1.54) is 0 Å². The van der Waals surface area contributed by atoms with Gasteiger partial charge in [-0.05, 0) is 50.7 Å². The summed E-state index contributed by atoms with van der Waals surface area (Å²) in [6.07, 6.45) is 4.97. The van der Waals surface area contributed by atoms with Gasteiger partial charge in [0.25, 0.3) is 0 Å². The van der Waals surface area contributed by atoms with Gasteiger partial charge in [-0.2, -0.15) is 4.89 Å². The Morgan fingerprint density at radius 2 is 1.65 bits per heavy atom. The van der Waals surface area contributed by atoms with Crippen LogP contribution in [-0.4, -0.2) is 32.1 Å². The second-order valence-electron chi connectivity index (χ2n) is 7.23. The third-order valence-electron chi connectivity index (χ3n) is 5.09. The molecule has 0 aliphatic heterocycles. The van der Waals surface area contributed by atoms with Crippen molar-refractivity contribution in [3.8, 4) is 0 Å². The van der Waals surface area contributed by atoms with Gasteiger partial charge >= 0.3 is 5.97 Å². The van der Waals surface area contributed by atoms with Crippen molar-refractivity contribution in [2.45, 2.75) is 52.9 Å². The standard InChI is InChI=1S/C21H30O5/c1-14-12-15(2)18(16(3)13-14)20(22)19(17-8-6-5-7-9-17)21(23)26-25-11-10-24-4/h12-13,17,19H,5-11H2,1-4H3. The number of carbonyl (C=O) groups is 2. The maximum atomic E-state index is 13.3. The van der Waals surface area contributed by atoms with Crippen LogP contribution in [-0.2, 0) is 19.3 Å². The lowest BCUT2D eigenvalue weighted by Crippen LogP contribution is -2.35. The van der Waals surface area contributed by atoms with Crippen molar-refractivity contribution >= 4 is 11.8 Å². The topological polar surface area (TPSA) is 61.8 Å². The number of carbonyl (C=O) groups excluding carboxylic acids is 2. The van der Waals surface area contributed by atoms with Crippen LogP contribution in [0, 0.1) is 32.6 Å². The van der Waals surface area contributed by atoms with E-state index in [9.17, 15) is 9.59 Å². The average Bonchev–Trinajstić information content (AvgIpc) is 2.59. The molecule has 1 saturated carbocycles. The van der Waals surface area contributed by atoms with Crippen LogP contribution in [0.15, 0.2) is 12.1 Å². The van der Waals surface area contributed by atoms with Crippen LogP contribution in [0.4, 0.5) is 0 Å². The minimum Gasteiger partial charge on any atom is -0.382 e. The summed E-state index contributed by atoms with van der Waals surface area (Å²) in [5.74, 6) is -1.53. The number of ether oxygens (including phenoxy) is 1. The quantitative estimate of drug-likeness (QED) is 0.229. The maximum Gasteiger partial charge on any atom is 0.353 e. The first-order valence-electron chi connectivity index (χ1n) is 9.40. The number of Topliss-reactive ketones (excluding diaryl/α,β-unsaturated/α-hetero) is 1. The summed E-state index contributed by atoms with van der Waals surface area (Å²) in [5, 5.41) is 0. The predicted octanol–water partition coefficient (Wildman–Crippen LogP) is 4.11. The first-order chi connectivity index (χ1) is 12.5. The summed E-state index contributed by atoms with van der Waals surface area (Å²) < 4.78 is 4.88. The molecule has 1 aliphatic rings. The van der Waals surface area contributed by atoms with E-state index in [-0.39, 0.29) is 18.3 Å². The van der Waals surface area contributed by atoms with E-state index in [1.54, 1.807) is 7.11 Å². The molecule has 2 rings (SSSR count). The third kappa shape index (κ3) is 5.15. The van der Waals surface area contributed by atoms with Gasteiger partial charge < -0.3 is 4.74 Å². The zero-order valence-corrected chi connectivity index (χ0v) is 16.3. The molecule has 144 valence electrons. The highest BCUT2D eigenvalue weighted by atomic mass is 17.2. The maximum absolute atomic E-state index is 13.3. The molecule has 5 nitrogen and oxygen atoms in total. The van der Waals surface area contributed by atoms with Crippen molar-refractivity contribution in [3.05, 3.63) is 34.4 Å². The molecule has 5 heteroatoms. The second-order valence-corrected chi connectivity index (χ2v) is 7.23. The van der Waals surface area contributed by atoms with E-state index < -0.39 is 11.9 Å². The number of hydrogen-bond donors (Lipinski definition) is 0. The van der Waals surface area contributed by atoms with Crippen LogP contribution in [0.25, 0.3) is 0 Å². The first kappa shape index (κ1) is 20.6. The second kappa shape index (κ2) is 9.83. The summed E-state index contributed by atoms with van der Waals surface area (Å²) in [4.78, 5) is 36.0. The van der Waals surface area contributed by atoms with Crippen LogP contribution >= 0.6 is 0 Å². The Kier molecular flexibility index (Phi) is 7.79. The lowest BCUT2D eigenvalue weighted by molar-refractivity contribution is -0.279. The lowest BCUT2D eigenvalue weighted by Gasteiger charge is -2.28. The number of hydrogen-bond acceptors (Lipinski definition) is 5. The Morgan fingerprint density at radius 3 is 2.23 bits per heavy atom. The minimum atomic E-state index is -0.807. The predicted molar refractivity (Wildman–Crippen MR) is 99.0 cm³/mol. The smallest absolute Gasteiger partial charge is 0.353 e. The van der Waals surface area contributed by atoms with E-state index in [2.05, 4.69) is 0 Å². The van der Waals surface area contributed by atoms with Crippen LogP contribution in [0.1, 0.15) is 59.2 Å². The summed E-state index contributed by atoms with van der Waals surface area (Å²) in [6, 6.07) is 3.97. The molecular weight excluding hydrogens is 332 g/mol. The number of methoxy groups -OCH3 is 1. The summed E-state index contributed by atoms with van der Waals surface area (Å²) >= 11 is 0. The molecule has 1 aromatic rings. The molecular formula is C21H30O5. The van der Waals surface area contributed by atoms with Crippen molar-refractivity contribution in [2.75, 3.05) is 20.3 Å². The van der Waals surface area contributed by atoms with Gasteiger partial charge in [0.1, 0.15) is 12.5 Å². The Labute approximate surface area is 155 Å². The SMILES string of the molecule is COCCOOC(=O)C(C(=O)c1c(C)cc(C)cc1C)C1CCCCC1. The highest BCUT2D eigenvalue weighted by molar-refractivity contribution is 6.10. The Bertz CT molecular complexity index is 608. The van der Waals surface area contributed by atoms with E-state index >= 15 is 0 Å². The fourth-order valence-corrected chi connectivity index (χ4v) is 3.97. The number of aryl methyl sites for hydroxylation is 3. The molecule has 0 N–H and O–H groups in total. The molecule has 0 radical (unpaired) electrons. The molecule has 1 atom stereocenters. The number of benzene rings is 1. The van der Waals surface area contributed by atoms with Crippen LogP contribution in [0.3, 0.4) is 0 Å². The van der Waals surface area contributed by atoms with E-state index in [1.807, 2.05) is 32.9 Å². The fraction of sp³-hybridized carbons (Fsp3) is 0.619. The van der Waals surface area contributed by atoms with Crippen LogP contribution in [0.5, 0.6) is 0 Å². The van der Waals surface area contributed by atoms with Gasteiger partial charge in [-0.15, -0.1) is 0 Å². The lowest BCUT2D eigenvalue weighted by atomic mass is 9.75. The van der Waals surface area contributed by atoms with Crippen molar-refractivity contribution < 1.29 is 24.1 Å². The first-order valence-corrected chi connectivity index (χ1v) is 9.40. The van der Waals surface area contributed by atoms with Crippen LogP contribution in [0.2, 0.25) is 0 Å². The number of ketones is 1. The minimum absolute atomic E-state index is 0.00915. The summed E-state index contributed by atoms with van der Waals surface area (Å²) in [6.45, 7) is 6.32. The highest BCUT2D eigenvalue weighted by Crippen LogP contribution is 2.34. The largest absolute Gasteiger partial charge is 0.382 e. The third-order valence-corrected chi connectivity index (χ3v) is 5.09. The summed E-state index contributed by atoms with van der Waals surface area (Å²) in [7, 11) is 1.54.